The summed E-state index contributed by atoms with van der Waals surface area (Å²) in [6, 6.07) is 36.2. The van der Waals surface area contributed by atoms with Gasteiger partial charge in [-0.1, -0.05) is 91.0 Å². The second-order valence-corrected chi connectivity index (χ2v) is 7.76. The van der Waals surface area contributed by atoms with Crippen LogP contribution in [0.5, 0.6) is 0 Å². The van der Waals surface area contributed by atoms with Crippen molar-refractivity contribution in [1.29, 1.82) is 0 Å². The Hall–Kier alpha value is -4.17. The average molecular weight is 396 g/mol. The Balaban J connectivity index is 1.58. The number of aromatic amines is 1. The molecule has 1 aromatic heterocycles. The minimum Gasteiger partial charge on any atom is -0.361 e. The summed E-state index contributed by atoms with van der Waals surface area (Å²) in [5.41, 5.74) is 10.5. The standard InChI is InChI=1S/C29H20N2/c1-2-8-20(9-3-1)21-14-16-22(17-15-21)29(25-18-30-27-12-6-4-10-23(25)27)26-19-31-28-13-7-5-11-24(26)28/h1-19,30H/b29-26+. The number of H-pyrrole nitrogens is 1. The number of fused-ring (bicyclic) bond motifs is 2. The van der Waals surface area contributed by atoms with Gasteiger partial charge in [0.25, 0.3) is 0 Å². The Kier molecular flexibility index (Phi) is 4.14. The molecule has 0 amide bonds. The maximum Gasteiger partial charge on any atom is 0.0709 e. The fourth-order valence-electron chi connectivity index (χ4n) is 4.41. The molecule has 0 spiro atoms. The van der Waals surface area contributed by atoms with E-state index in [1.165, 1.54) is 38.8 Å². The van der Waals surface area contributed by atoms with Gasteiger partial charge in [0.15, 0.2) is 0 Å². The highest BCUT2D eigenvalue weighted by Crippen LogP contribution is 2.41. The van der Waals surface area contributed by atoms with Crippen molar-refractivity contribution in [2.75, 3.05) is 0 Å². The largest absolute Gasteiger partial charge is 0.361 e. The van der Waals surface area contributed by atoms with Crippen LogP contribution in [0.4, 0.5) is 5.69 Å². The number of nitrogens with one attached hydrogen (secondary N) is 1. The van der Waals surface area contributed by atoms with E-state index < -0.39 is 0 Å². The third kappa shape index (κ3) is 3.01. The van der Waals surface area contributed by atoms with E-state index in [0.29, 0.717) is 0 Å². The molecule has 0 saturated carbocycles. The lowest BCUT2D eigenvalue weighted by atomic mass is 9.89. The van der Waals surface area contributed by atoms with Gasteiger partial charge in [-0.3, -0.25) is 4.99 Å². The topological polar surface area (TPSA) is 28.1 Å². The van der Waals surface area contributed by atoms with Gasteiger partial charge in [-0.05, 0) is 28.8 Å². The van der Waals surface area contributed by atoms with Gasteiger partial charge in [-0.2, -0.15) is 0 Å². The molecule has 0 unspecified atom stereocenters. The van der Waals surface area contributed by atoms with E-state index in [4.69, 9.17) is 0 Å². The van der Waals surface area contributed by atoms with Crippen molar-refractivity contribution in [3.8, 4) is 11.1 Å². The molecule has 2 nitrogen and oxygen atoms in total. The first-order valence-corrected chi connectivity index (χ1v) is 10.5. The molecule has 0 fully saturated rings. The number of aliphatic imine (C=N–C) groups is 1. The van der Waals surface area contributed by atoms with Gasteiger partial charge >= 0.3 is 0 Å². The molecule has 0 atom stereocenters. The van der Waals surface area contributed by atoms with Crippen LogP contribution < -0.4 is 0 Å². The lowest BCUT2D eigenvalue weighted by Gasteiger charge is -2.13. The van der Waals surface area contributed by atoms with Crippen LogP contribution in [0, 0.1) is 0 Å². The van der Waals surface area contributed by atoms with E-state index in [9.17, 15) is 0 Å². The number of para-hydroxylation sites is 2. The zero-order chi connectivity index (χ0) is 20.6. The number of aromatic nitrogens is 1. The van der Waals surface area contributed by atoms with Crippen LogP contribution in [-0.4, -0.2) is 11.2 Å². The van der Waals surface area contributed by atoms with Crippen molar-refractivity contribution in [3.05, 3.63) is 126 Å². The molecule has 0 bridgehead atoms. The molecule has 1 aliphatic rings. The van der Waals surface area contributed by atoms with Gasteiger partial charge in [-0.15, -0.1) is 0 Å². The van der Waals surface area contributed by atoms with Gasteiger partial charge in [0.05, 0.1) is 5.69 Å². The van der Waals surface area contributed by atoms with E-state index in [-0.39, 0.29) is 0 Å². The number of hydrogen-bond donors (Lipinski definition) is 1. The van der Waals surface area contributed by atoms with E-state index in [1.54, 1.807) is 0 Å². The molecule has 4 aromatic carbocycles. The fraction of sp³-hybridized carbons (Fsp3) is 0. The molecule has 31 heavy (non-hydrogen) atoms. The second kappa shape index (κ2) is 7.26. The molecule has 1 aliphatic heterocycles. The Bertz CT molecular complexity index is 1450. The Labute approximate surface area is 181 Å². The minimum absolute atomic E-state index is 1.02. The molecule has 146 valence electrons. The van der Waals surface area contributed by atoms with E-state index in [1.807, 2.05) is 18.3 Å². The first-order chi connectivity index (χ1) is 15.4. The maximum atomic E-state index is 4.69. The number of allylic oxidation sites excluding steroid dienone is 1. The van der Waals surface area contributed by atoms with Crippen LogP contribution in [0.3, 0.4) is 0 Å². The third-order valence-corrected chi connectivity index (χ3v) is 5.94. The molecule has 1 N–H and O–H groups in total. The second-order valence-electron chi connectivity index (χ2n) is 7.76. The normalized spacial score (nSPS) is 14.1. The van der Waals surface area contributed by atoms with E-state index >= 15 is 0 Å². The zero-order valence-electron chi connectivity index (χ0n) is 16.9. The first kappa shape index (κ1) is 17.7. The predicted molar refractivity (Wildman–Crippen MR) is 131 cm³/mol. The summed E-state index contributed by atoms with van der Waals surface area (Å²) in [4.78, 5) is 8.13. The number of benzene rings is 4. The molecule has 0 radical (unpaired) electrons. The van der Waals surface area contributed by atoms with Crippen molar-refractivity contribution in [2.24, 2.45) is 4.99 Å². The maximum absolute atomic E-state index is 4.69. The quantitative estimate of drug-likeness (QED) is 0.327. The summed E-state index contributed by atoms with van der Waals surface area (Å²) in [5.74, 6) is 0. The smallest absolute Gasteiger partial charge is 0.0709 e. The molecular formula is C29H20N2. The summed E-state index contributed by atoms with van der Waals surface area (Å²) in [5, 5.41) is 1.22. The third-order valence-electron chi connectivity index (χ3n) is 5.94. The minimum atomic E-state index is 1.02. The van der Waals surface area contributed by atoms with Crippen molar-refractivity contribution in [2.45, 2.75) is 0 Å². The SMILES string of the molecule is C1=Nc2ccccc2/C1=C(\c1ccc(-c2ccccc2)cc1)c1c[nH]c2ccccc12. The lowest BCUT2D eigenvalue weighted by Crippen LogP contribution is -1.94. The van der Waals surface area contributed by atoms with Gasteiger partial charge in [0, 0.05) is 45.6 Å². The Morgan fingerprint density at radius 2 is 1.35 bits per heavy atom. The lowest BCUT2D eigenvalue weighted by molar-refractivity contribution is 1.46. The Morgan fingerprint density at radius 1 is 0.645 bits per heavy atom. The van der Waals surface area contributed by atoms with E-state index in [2.05, 4.69) is 107 Å². The summed E-state index contributed by atoms with van der Waals surface area (Å²) in [7, 11) is 0. The number of rotatable bonds is 3. The van der Waals surface area contributed by atoms with Crippen molar-refractivity contribution < 1.29 is 0 Å². The summed E-state index contributed by atoms with van der Waals surface area (Å²) < 4.78 is 0. The highest BCUT2D eigenvalue weighted by molar-refractivity contribution is 6.27. The van der Waals surface area contributed by atoms with E-state index in [0.717, 1.165) is 16.8 Å². The highest BCUT2D eigenvalue weighted by atomic mass is 14.8. The fourth-order valence-corrected chi connectivity index (χ4v) is 4.41. The molecule has 5 aromatic rings. The summed E-state index contributed by atoms with van der Waals surface area (Å²) >= 11 is 0. The van der Waals surface area contributed by atoms with Gasteiger partial charge in [0.2, 0.25) is 0 Å². The van der Waals surface area contributed by atoms with Crippen molar-refractivity contribution in [3.63, 3.8) is 0 Å². The van der Waals surface area contributed by atoms with Crippen molar-refractivity contribution >= 4 is 34.0 Å². The molecule has 0 saturated heterocycles. The number of nitrogens with zero attached hydrogens (tertiary/aromatic N) is 1. The molecule has 6 rings (SSSR count). The summed E-state index contributed by atoms with van der Waals surface area (Å²) in [6.07, 6.45) is 4.12. The van der Waals surface area contributed by atoms with Gasteiger partial charge < -0.3 is 4.98 Å². The van der Waals surface area contributed by atoms with Crippen LogP contribution in [0.15, 0.2) is 114 Å². The van der Waals surface area contributed by atoms with Crippen molar-refractivity contribution in [1.82, 2.24) is 4.98 Å². The number of hydrogen-bond acceptors (Lipinski definition) is 1. The van der Waals surface area contributed by atoms with Crippen LogP contribution >= 0.6 is 0 Å². The molecule has 0 aliphatic carbocycles. The average Bonchev–Trinajstić information content (AvgIpc) is 3.46. The first-order valence-electron chi connectivity index (χ1n) is 10.5. The van der Waals surface area contributed by atoms with Crippen LogP contribution in [0.1, 0.15) is 16.7 Å². The highest BCUT2D eigenvalue weighted by Gasteiger charge is 2.20. The van der Waals surface area contributed by atoms with Crippen LogP contribution in [-0.2, 0) is 0 Å². The predicted octanol–water partition coefficient (Wildman–Crippen LogP) is 7.51. The van der Waals surface area contributed by atoms with Gasteiger partial charge in [0.1, 0.15) is 0 Å². The van der Waals surface area contributed by atoms with Crippen LogP contribution in [0.2, 0.25) is 0 Å². The molecular weight excluding hydrogens is 376 g/mol. The monoisotopic (exact) mass is 396 g/mol. The van der Waals surface area contributed by atoms with Crippen LogP contribution in [0.25, 0.3) is 33.2 Å². The molecule has 2 heteroatoms. The summed E-state index contributed by atoms with van der Waals surface area (Å²) in [6.45, 7) is 0. The zero-order valence-corrected chi connectivity index (χ0v) is 16.9. The Morgan fingerprint density at radius 3 is 2.23 bits per heavy atom. The molecule has 2 heterocycles. The van der Waals surface area contributed by atoms with Gasteiger partial charge in [-0.25, -0.2) is 0 Å².